The van der Waals surface area contributed by atoms with E-state index in [0.717, 1.165) is 41.6 Å². The highest BCUT2D eigenvalue weighted by atomic mass is 16.5. The second-order valence-electron chi connectivity index (χ2n) is 10.2. The van der Waals surface area contributed by atoms with Crippen molar-refractivity contribution in [2.75, 3.05) is 13.1 Å². The standard InChI is InChI=1S/C31H34N4O2/c1-21-9-7-12-25(18-21)30-32-28(37-34-30)20-35-16-8-13-26(19-35)31(36)33-29(24-10-5-4-6-11-24)27-15-14-22(2)17-23(27)3/h4-7,9-12,14-15,17-18,26,29H,8,13,16,19-20H2,1-3H3,(H,33,36). The van der Waals surface area contributed by atoms with E-state index in [-0.39, 0.29) is 17.9 Å². The van der Waals surface area contributed by atoms with Gasteiger partial charge in [-0.05, 0) is 62.9 Å². The number of likely N-dealkylation sites (tertiary alicyclic amines) is 1. The van der Waals surface area contributed by atoms with Gasteiger partial charge >= 0.3 is 0 Å². The summed E-state index contributed by atoms with van der Waals surface area (Å²) in [6, 6.07) is 24.5. The van der Waals surface area contributed by atoms with Gasteiger partial charge in [-0.1, -0.05) is 83.0 Å². The summed E-state index contributed by atoms with van der Waals surface area (Å²) < 4.78 is 5.56. The summed E-state index contributed by atoms with van der Waals surface area (Å²) in [5.74, 6) is 1.17. The number of amides is 1. The lowest BCUT2D eigenvalue weighted by Gasteiger charge is -2.32. The molecule has 37 heavy (non-hydrogen) atoms. The Morgan fingerprint density at radius 3 is 2.62 bits per heavy atom. The average molecular weight is 495 g/mol. The first-order valence-electron chi connectivity index (χ1n) is 13.0. The minimum atomic E-state index is -0.183. The summed E-state index contributed by atoms with van der Waals surface area (Å²) in [5.41, 5.74) is 6.72. The van der Waals surface area contributed by atoms with E-state index in [0.29, 0.717) is 24.8 Å². The van der Waals surface area contributed by atoms with Crippen LogP contribution in [0.25, 0.3) is 11.4 Å². The van der Waals surface area contributed by atoms with Crippen molar-refractivity contribution in [3.8, 4) is 11.4 Å². The largest absolute Gasteiger partial charge is 0.345 e. The van der Waals surface area contributed by atoms with Crippen molar-refractivity contribution in [1.82, 2.24) is 20.4 Å². The van der Waals surface area contributed by atoms with Crippen LogP contribution >= 0.6 is 0 Å². The van der Waals surface area contributed by atoms with Crippen molar-refractivity contribution in [2.24, 2.45) is 5.92 Å². The first kappa shape index (κ1) is 24.9. The van der Waals surface area contributed by atoms with Crippen molar-refractivity contribution in [3.63, 3.8) is 0 Å². The highest BCUT2D eigenvalue weighted by molar-refractivity contribution is 5.80. The van der Waals surface area contributed by atoms with E-state index in [9.17, 15) is 4.79 Å². The smallest absolute Gasteiger partial charge is 0.241 e. The lowest BCUT2D eigenvalue weighted by Crippen LogP contribution is -2.44. The van der Waals surface area contributed by atoms with E-state index in [1.165, 1.54) is 11.1 Å². The molecule has 0 bridgehead atoms. The summed E-state index contributed by atoms with van der Waals surface area (Å²) in [5, 5.41) is 7.55. The number of rotatable bonds is 7. The van der Waals surface area contributed by atoms with Gasteiger partial charge < -0.3 is 9.84 Å². The predicted molar refractivity (Wildman–Crippen MR) is 145 cm³/mol. The van der Waals surface area contributed by atoms with Crippen molar-refractivity contribution < 1.29 is 9.32 Å². The van der Waals surface area contributed by atoms with Gasteiger partial charge in [-0.3, -0.25) is 9.69 Å². The van der Waals surface area contributed by atoms with E-state index in [1.54, 1.807) is 0 Å². The van der Waals surface area contributed by atoms with Crippen LogP contribution in [-0.4, -0.2) is 34.0 Å². The maximum Gasteiger partial charge on any atom is 0.241 e. The second-order valence-corrected chi connectivity index (χ2v) is 10.2. The van der Waals surface area contributed by atoms with Gasteiger partial charge in [-0.15, -0.1) is 0 Å². The van der Waals surface area contributed by atoms with Crippen LogP contribution in [0.3, 0.4) is 0 Å². The number of carbonyl (C=O) groups excluding carboxylic acids is 1. The summed E-state index contributed by atoms with van der Waals surface area (Å²) in [4.78, 5) is 20.4. The van der Waals surface area contributed by atoms with E-state index < -0.39 is 0 Å². The first-order valence-corrected chi connectivity index (χ1v) is 13.0. The molecule has 1 fully saturated rings. The molecular weight excluding hydrogens is 460 g/mol. The van der Waals surface area contributed by atoms with Gasteiger partial charge in [0.15, 0.2) is 0 Å². The van der Waals surface area contributed by atoms with Gasteiger partial charge in [0.05, 0.1) is 18.5 Å². The monoisotopic (exact) mass is 494 g/mol. The van der Waals surface area contributed by atoms with Crippen molar-refractivity contribution in [3.05, 3.63) is 107 Å². The van der Waals surface area contributed by atoms with Crippen LogP contribution in [0, 0.1) is 26.7 Å². The zero-order chi connectivity index (χ0) is 25.8. The van der Waals surface area contributed by atoms with Crippen molar-refractivity contribution in [2.45, 2.75) is 46.2 Å². The molecule has 0 spiro atoms. The quantitative estimate of drug-likeness (QED) is 0.353. The van der Waals surface area contributed by atoms with Gasteiger partial charge in [-0.2, -0.15) is 4.98 Å². The highest BCUT2D eigenvalue weighted by Gasteiger charge is 2.29. The number of piperidine rings is 1. The molecule has 5 rings (SSSR count). The van der Waals surface area contributed by atoms with Gasteiger partial charge in [-0.25, -0.2) is 0 Å². The number of carbonyl (C=O) groups is 1. The van der Waals surface area contributed by atoms with Crippen LogP contribution in [0.2, 0.25) is 0 Å². The van der Waals surface area contributed by atoms with Crippen LogP contribution in [0.4, 0.5) is 0 Å². The fourth-order valence-electron chi connectivity index (χ4n) is 5.22. The molecule has 1 N–H and O–H groups in total. The number of hydrogen-bond acceptors (Lipinski definition) is 5. The lowest BCUT2D eigenvalue weighted by atomic mass is 9.92. The predicted octanol–water partition coefficient (Wildman–Crippen LogP) is 5.78. The Bertz CT molecular complexity index is 1360. The second kappa shape index (κ2) is 11.1. The van der Waals surface area contributed by atoms with E-state index in [1.807, 2.05) is 43.3 Å². The molecule has 4 aromatic rings. The van der Waals surface area contributed by atoms with E-state index in [4.69, 9.17) is 4.52 Å². The summed E-state index contributed by atoms with van der Waals surface area (Å²) >= 11 is 0. The molecule has 2 heterocycles. The number of aryl methyl sites for hydroxylation is 3. The Balaban J connectivity index is 1.28. The molecule has 2 atom stereocenters. The fraction of sp³-hybridized carbons (Fsp3) is 0.323. The third-order valence-corrected chi connectivity index (χ3v) is 7.14. The minimum absolute atomic E-state index is 0.0875. The number of nitrogens with one attached hydrogen (secondary N) is 1. The molecule has 1 amide bonds. The zero-order valence-corrected chi connectivity index (χ0v) is 21.8. The first-order chi connectivity index (χ1) is 18.0. The summed E-state index contributed by atoms with van der Waals surface area (Å²) in [6.45, 7) is 8.38. The molecule has 190 valence electrons. The lowest BCUT2D eigenvalue weighted by molar-refractivity contribution is -0.127. The van der Waals surface area contributed by atoms with Crippen molar-refractivity contribution in [1.29, 1.82) is 0 Å². The molecule has 1 aliphatic rings. The fourth-order valence-corrected chi connectivity index (χ4v) is 5.22. The molecule has 1 aromatic heterocycles. The number of nitrogens with zero attached hydrogens (tertiary/aromatic N) is 3. The minimum Gasteiger partial charge on any atom is -0.345 e. The van der Waals surface area contributed by atoms with E-state index >= 15 is 0 Å². The van der Waals surface area contributed by atoms with Crippen LogP contribution < -0.4 is 5.32 Å². The van der Waals surface area contributed by atoms with E-state index in [2.05, 4.69) is 70.6 Å². The third kappa shape index (κ3) is 5.97. The molecule has 6 nitrogen and oxygen atoms in total. The molecule has 1 saturated heterocycles. The number of hydrogen-bond donors (Lipinski definition) is 1. The molecule has 2 unspecified atom stereocenters. The molecule has 0 radical (unpaired) electrons. The average Bonchev–Trinajstić information content (AvgIpc) is 3.37. The zero-order valence-electron chi connectivity index (χ0n) is 21.8. The molecule has 3 aromatic carbocycles. The van der Waals surface area contributed by atoms with Crippen LogP contribution in [0.1, 0.15) is 52.6 Å². The van der Waals surface area contributed by atoms with Gasteiger partial charge in [0.1, 0.15) is 0 Å². The molecule has 0 aliphatic carbocycles. The SMILES string of the molecule is Cc1cccc(-c2noc(CN3CCCC(C(=O)NC(c4ccccc4)c4ccc(C)cc4C)C3)n2)c1. The maximum atomic E-state index is 13.6. The maximum absolute atomic E-state index is 13.6. The molecular formula is C31H34N4O2. The normalized spacial score (nSPS) is 16.9. The summed E-state index contributed by atoms with van der Waals surface area (Å²) in [6.07, 6.45) is 1.83. The Hall–Kier alpha value is -3.77. The van der Waals surface area contributed by atoms with Gasteiger partial charge in [0, 0.05) is 12.1 Å². The van der Waals surface area contributed by atoms with Gasteiger partial charge in [0.2, 0.25) is 17.6 Å². The molecule has 6 heteroatoms. The number of benzene rings is 3. The van der Waals surface area contributed by atoms with Gasteiger partial charge in [0.25, 0.3) is 0 Å². The topological polar surface area (TPSA) is 71.3 Å². The van der Waals surface area contributed by atoms with Crippen LogP contribution in [0.15, 0.2) is 77.3 Å². The van der Waals surface area contributed by atoms with Crippen molar-refractivity contribution >= 4 is 5.91 Å². The Kier molecular flexibility index (Phi) is 7.47. The molecule has 1 aliphatic heterocycles. The van der Waals surface area contributed by atoms with Crippen LogP contribution in [-0.2, 0) is 11.3 Å². The van der Waals surface area contributed by atoms with Crippen LogP contribution in [0.5, 0.6) is 0 Å². The third-order valence-electron chi connectivity index (χ3n) is 7.14. The highest BCUT2D eigenvalue weighted by Crippen LogP contribution is 2.28. The molecule has 0 saturated carbocycles. The number of aromatic nitrogens is 2. The summed E-state index contributed by atoms with van der Waals surface area (Å²) in [7, 11) is 0. The Morgan fingerprint density at radius 2 is 1.84 bits per heavy atom. The Morgan fingerprint density at radius 1 is 1.03 bits per heavy atom. The Labute approximate surface area is 218 Å².